The van der Waals surface area contributed by atoms with E-state index in [-0.39, 0.29) is 27.7 Å². The van der Waals surface area contributed by atoms with Gasteiger partial charge in [-0.05, 0) is 37.3 Å². The van der Waals surface area contributed by atoms with Crippen LogP contribution in [0.5, 0.6) is 0 Å². The van der Waals surface area contributed by atoms with Crippen LogP contribution in [0.3, 0.4) is 0 Å². The number of hydrogen-bond donors (Lipinski definition) is 1. The molecule has 1 saturated heterocycles. The van der Waals surface area contributed by atoms with Crippen molar-refractivity contribution in [1.29, 1.82) is 0 Å². The van der Waals surface area contributed by atoms with Crippen molar-refractivity contribution in [2.45, 2.75) is 28.9 Å². The van der Waals surface area contributed by atoms with E-state index in [1.165, 1.54) is 17.8 Å². The minimum atomic E-state index is -3.68. The summed E-state index contributed by atoms with van der Waals surface area (Å²) in [6.45, 7) is 6.05. The average Bonchev–Trinajstić information content (AvgIpc) is 2.79. The van der Waals surface area contributed by atoms with Gasteiger partial charge >= 0.3 is 0 Å². The van der Waals surface area contributed by atoms with E-state index in [2.05, 4.69) is 10.2 Å². The lowest BCUT2D eigenvalue weighted by Gasteiger charge is -2.37. The van der Waals surface area contributed by atoms with Crippen LogP contribution < -0.4 is 10.2 Å². The zero-order chi connectivity index (χ0) is 22.9. The first-order valence-electron chi connectivity index (χ1n) is 10.7. The molecule has 32 heavy (non-hydrogen) atoms. The Bertz CT molecular complexity index is 1110. The van der Waals surface area contributed by atoms with Crippen LogP contribution in [0.1, 0.15) is 13.8 Å². The number of nitrogens with one attached hydrogen (secondary N) is 1. The third-order valence-corrected chi connectivity index (χ3v) is 8.93. The van der Waals surface area contributed by atoms with Crippen molar-refractivity contribution in [2.75, 3.05) is 42.1 Å². The van der Waals surface area contributed by atoms with Crippen molar-refractivity contribution in [2.24, 2.45) is 5.92 Å². The van der Waals surface area contributed by atoms with Crippen LogP contribution in [0.15, 0.2) is 58.3 Å². The predicted molar refractivity (Wildman–Crippen MR) is 127 cm³/mol. The fraction of sp³-hybridized carbons (Fsp3) is 0.391. The Morgan fingerprint density at radius 3 is 2.50 bits per heavy atom. The van der Waals surface area contributed by atoms with E-state index in [1.807, 2.05) is 30.3 Å². The summed E-state index contributed by atoms with van der Waals surface area (Å²) in [7, 11) is -3.68. The Hall–Kier alpha value is -2.52. The zero-order valence-electron chi connectivity index (χ0n) is 18.2. The molecule has 4 rings (SSSR count). The van der Waals surface area contributed by atoms with Crippen molar-refractivity contribution in [3.8, 4) is 0 Å². The Morgan fingerprint density at radius 2 is 1.81 bits per heavy atom. The highest BCUT2D eigenvalue weighted by Gasteiger charge is 2.30. The van der Waals surface area contributed by atoms with Gasteiger partial charge in [-0.25, -0.2) is 8.42 Å². The van der Waals surface area contributed by atoms with Crippen molar-refractivity contribution in [1.82, 2.24) is 4.90 Å². The maximum atomic E-state index is 13.0. The van der Waals surface area contributed by atoms with Gasteiger partial charge in [0.2, 0.25) is 11.8 Å². The van der Waals surface area contributed by atoms with Crippen LogP contribution in [0.4, 0.5) is 11.4 Å². The van der Waals surface area contributed by atoms with Crippen molar-refractivity contribution in [3.05, 3.63) is 48.5 Å². The molecule has 0 unspecified atom stereocenters. The van der Waals surface area contributed by atoms with E-state index in [1.54, 1.807) is 30.9 Å². The third-order valence-electron chi connectivity index (χ3n) is 5.84. The van der Waals surface area contributed by atoms with E-state index >= 15 is 0 Å². The number of amides is 2. The van der Waals surface area contributed by atoms with Crippen LogP contribution in [0.25, 0.3) is 0 Å². The topological polar surface area (TPSA) is 86.8 Å². The van der Waals surface area contributed by atoms with Gasteiger partial charge in [-0.3, -0.25) is 9.59 Å². The molecule has 1 N–H and O–H groups in total. The number of piperazine rings is 1. The molecule has 0 spiro atoms. The number of anilines is 2. The third kappa shape index (κ3) is 4.78. The van der Waals surface area contributed by atoms with Gasteiger partial charge in [-0.1, -0.05) is 25.1 Å². The second-order valence-electron chi connectivity index (χ2n) is 8.24. The molecule has 2 aliphatic rings. The molecule has 7 nitrogen and oxygen atoms in total. The predicted octanol–water partition coefficient (Wildman–Crippen LogP) is 2.88. The summed E-state index contributed by atoms with van der Waals surface area (Å²) in [6.07, 6.45) is 0. The number of fused-ring (bicyclic) bond motifs is 1. The van der Waals surface area contributed by atoms with Crippen molar-refractivity contribution < 1.29 is 18.0 Å². The fourth-order valence-electron chi connectivity index (χ4n) is 4.01. The number of nitrogens with zero attached hydrogens (tertiary/aromatic N) is 2. The Morgan fingerprint density at radius 1 is 1.12 bits per heavy atom. The van der Waals surface area contributed by atoms with Gasteiger partial charge < -0.3 is 15.1 Å². The number of para-hydroxylation sites is 1. The van der Waals surface area contributed by atoms with Gasteiger partial charge in [0.1, 0.15) is 0 Å². The molecule has 2 aromatic rings. The maximum Gasteiger partial charge on any atom is 0.237 e. The lowest BCUT2D eigenvalue weighted by atomic mass is 10.1. The van der Waals surface area contributed by atoms with Crippen LogP contribution >= 0.6 is 11.8 Å². The number of sulfone groups is 1. The van der Waals surface area contributed by atoms with E-state index in [0.717, 1.165) is 23.7 Å². The Labute approximate surface area is 193 Å². The summed E-state index contributed by atoms with van der Waals surface area (Å²) in [5, 5.41) is 2.55. The molecule has 1 fully saturated rings. The molecular weight excluding hydrogens is 446 g/mol. The highest BCUT2D eigenvalue weighted by molar-refractivity contribution is 8.01. The van der Waals surface area contributed by atoms with Crippen LogP contribution in [-0.4, -0.2) is 62.3 Å². The summed E-state index contributed by atoms with van der Waals surface area (Å²) in [6, 6.07) is 14.8. The minimum absolute atomic E-state index is 0.125. The van der Waals surface area contributed by atoms with Crippen LogP contribution in [0.2, 0.25) is 0 Å². The van der Waals surface area contributed by atoms with E-state index in [9.17, 15) is 18.0 Å². The quantitative estimate of drug-likeness (QED) is 0.719. The van der Waals surface area contributed by atoms with Crippen molar-refractivity contribution in [3.63, 3.8) is 0 Å². The first kappa shape index (κ1) is 22.7. The first-order valence-corrected chi connectivity index (χ1v) is 13.2. The minimum Gasteiger partial charge on any atom is -0.368 e. The average molecular weight is 474 g/mol. The molecule has 2 atom stereocenters. The smallest absolute Gasteiger partial charge is 0.237 e. The molecule has 2 aliphatic heterocycles. The molecule has 0 aromatic heterocycles. The summed E-state index contributed by atoms with van der Waals surface area (Å²) >= 11 is 1.40. The molecule has 2 amide bonds. The van der Waals surface area contributed by atoms with Gasteiger partial charge in [0, 0.05) is 42.7 Å². The van der Waals surface area contributed by atoms with Gasteiger partial charge in [0.25, 0.3) is 0 Å². The second kappa shape index (κ2) is 9.15. The molecule has 170 valence electrons. The Balaban J connectivity index is 1.39. The van der Waals surface area contributed by atoms with E-state index in [0.29, 0.717) is 18.8 Å². The van der Waals surface area contributed by atoms with E-state index < -0.39 is 15.8 Å². The SMILES string of the molecule is C[C@@H](CS(=O)(=O)c1ccc2c(c1)NC(=O)[C@@H](C)S2)C(=O)N1CCN(c2ccccc2)CC1. The fourth-order valence-corrected chi connectivity index (χ4v) is 6.51. The number of rotatable bonds is 5. The van der Waals surface area contributed by atoms with Crippen LogP contribution in [-0.2, 0) is 19.4 Å². The number of hydrogen-bond acceptors (Lipinski definition) is 6. The highest BCUT2D eigenvalue weighted by Crippen LogP contribution is 2.37. The molecule has 9 heteroatoms. The van der Waals surface area contributed by atoms with Gasteiger partial charge in [-0.15, -0.1) is 11.8 Å². The maximum absolute atomic E-state index is 13.0. The highest BCUT2D eigenvalue weighted by atomic mass is 32.2. The number of carbonyl (C=O) groups is 2. The van der Waals surface area contributed by atoms with E-state index in [4.69, 9.17) is 0 Å². The molecular formula is C23H27N3O4S2. The second-order valence-corrected chi connectivity index (χ2v) is 11.7. The lowest BCUT2D eigenvalue weighted by molar-refractivity contribution is -0.134. The normalized spacial score (nSPS) is 19.8. The summed E-state index contributed by atoms with van der Waals surface area (Å²) in [4.78, 5) is 29.8. The monoisotopic (exact) mass is 473 g/mol. The molecule has 0 radical (unpaired) electrons. The van der Waals surface area contributed by atoms with Gasteiger partial charge in [0.05, 0.1) is 21.6 Å². The van der Waals surface area contributed by atoms with Gasteiger partial charge in [0.15, 0.2) is 9.84 Å². The molecule has 2 heterocycles. The first-order chi connectivity index (χ1) is 15.2. The molecule has 0 bridgehead atoms. The Kier molecular flexibility index (Phi) is 6.48. The number of benzene rings is 2. The molecule has 2 aromatic carbocycles. The van der Waals surface area contributed by atoms with Gasteiger partial charge in [-0.2, -0.15) is 0 Å². The largest absolute Gasteiger partial charge is 0.368 e. The molecule has 0 aliphatic carbocycles. The van der Waals surface area contributed by atoms with Crippen LogP contribution in [0, 0.1) is 5.92 Å². The standard InChI is InChI=1S/C23H27N3O4S2/c1-16(23(28)26-12-10-25(11-13-26)18-6-4-3-5-7-18)15-32(29,30)19-8-9-21-20(14-19)24-22(27)17(2)31-21/h3-9,14,16-17H,10-13,15H2,1-2H3,(H,24,27)/t16-,17+/m0/s1. The summed E-state index contributed by atoms with van der Waals surface area (Å²) in [5.74, 6) is -1.20. The molecule has 0 saturated carbocycles. The summed E-state index contributed by atoms with van der Waals surface area (Å²) in [5.41, 5.74) is 1.64. The van der Waals surface area contributed by atoms with Crippen molar-refractivity contribution >= 4 is 44.8 Å². The zero-order valence-corrected chi connectivity index (χ0v) is 19.8. The summed E-state index contributed by atoms with van der Waals surface area (Å²) < 4.78 is 26.0. The number of carbonyl (C=O) groups excluding carboxylic acids is 2. The lowest BCUT2D eigenvalue weighted by Crippen LogP contribution is -2.50. The number of thioether (sulfide) groups is 1.